The summed E-state index contributed by atoms with van der Waals surface area (Å²) in [4.78, 5) is 27.2. The van der Waals surface area contributed by atoms with Crippen molar-refractivity contribution < 1.29 is 9.59 Å². The topological polar surface area (TPSA) is 65.0 Å². The van der Waals surface area contributed by atoms with Gasteiger partial charge in [-0.2, -0.15) is 5.10 Å². The molecular formula is C22H24N4O2. The van der Waals surface area contributed by atoms with E-state index in [9.17, 15) is 9.59 Å². The highest BCUT2D eigenvalue weighted by molar-refractivity contribution is 6.44. The number of anilines is 3. The molecule has 2 aromatic rings. The number of amides is 1. The molecule has 28 heavy (non-hydrogen) atoms. The Morgan fingerprint density at radius 1 is 1.18 bits per heavy atom. The van der Waals surface area contributed by atoms with Crippen molar-refractivity contribution in [3.05, 3.63) is 54.1 Å². The van der Waals surface area contributed by atoms with E-state index in [0.717, 1.165) is 30.9 Å². The van der Waals surface area contributed by atoms with Crippen LogP contribution in [0.5, 0.6) is 0 Å². The number of hydrogen-bond acceptors (Lipinski definition) is 5. The number of nitrogens with one attached hydrogen (secondary N) is 1. The van der Waals surface area contributed by atoms with Gasteiger partial charge >= 0.3 is 0 Å². The summed E-state index contributed by atoms with van der Waals surface area (Å²) in [5, 5.41) is 9.07. The molecule has 0 saturated heterocycles. The fourth-order valence-corrected chi connectivity index (χ4v) is 3.84. The van der Waals surface area contributed by atoms with Gasteiger partial charge in [0.25, 0.3) is 5.91 Å². The zero-order chi connectivity index (χ0) is 19.7. The number of carbonyl (C=O) groups is 2. The summed E-state index contributed by atoms with van der Waals surface area (Å²) in [5.74, 6) is -0.266. The molecule has 144 valence electrons. The van der Waals surface area contributed by atoms with Crippen molar-refractivity contribution in [1.29, 1.82) is 0 Å². The Morgan fingerprint density at radius 3 is 2.68 bits per heavy atom. The first-order valence-electron chi connectivity index (χ1n) is 9.68. The van der Waals surface area contributed by atoms with E-state index in [1.54, 1.807) is 5.01 Å². The van der Waals surface area contributed by atoms with Gasteiger partial charge in [0.2, 0.25) is 0 Å². The summed E-state index contributed by atoms with van der Waals surface area (Å²) in [7, 11) is 0. The number of benzene rings is 2. The van der Waals surface area contributed by atoms with Crippen LogP contribution in [0.3, 0.4) is 0 Å². The Bertz CT molecular complexity index is 939. The predicted octanol–water partition coefficient (Wildman–Crippen LogP) is 3.23. The van der Waals surface area contributed by atoms with Crippen molar-refractivity contribution >= 4 is 34.5 Å². The average Bonchev–Trinajstić information content (AvgIpc) is 3.33. The van der Waals surface area contributed by atoms with Crippen LogP contribution in [0.15, 0.2) is 53.6 Å². The second kappa shape index (κ2) is 7.46. The second-order valence-electron chi connectivity index (χ2n) is 7.18. The number of fused-ring (bicyclic) bond motifs is 1. The number of Topliss-reactive ketones (excluding diaryl/α,β-unsaturated/α-hetero) is 1. The molecule has 1 unspecified atom stereocenters. The summed E-state index contributed by atoms with van der Waals surface area (Å²) >= 11 is 0. The number of hydrogen-bond donors (Lipinski definition) is 1. The molecule has 1 atom stereocenters. The van der Waals surface area contributed by atoms with Crippen LogP contribution >= 0.6 is 0 Å². The predicted molar refractivity (Wildman–Crippen MR) is 112 cm³/mol. The van der Waals surface area contributed by atoms with E-state index >= 15 is 0 Å². The minimum atomic E-state index is -0.446. The maximum absolute atomic E-state index is 12.8. The smallest absolute Gasteiger partial charge is 0.271 e. The van der Waals surface area contributed by atoms with Gasteiger partial charge in [0.05, 0.1) is 5.69 Å². The van der Waals surface area contributed by atoms with Gasteiger partial charge < -0.3 is 10.2 Å². The summed E-state index contributed by atoms with van der Waals surface area (Å²) in [6.45, 7) is 5.64. The quantitative estimate of drug-likeness (QED) is 0.870. The van der Waals surface area contributed by atoms with Crippen molar-refractivity contribution in [2.45, 2.75) is 32.7 Å². The Hall–Kier alpha value is -3.15. The molecule has 2 aliphatic rings. The normalized spacial score (nSPS) is 18.1. The lowest BCUT2D eigenvalue weighted by Crippen LogP contribution is -2.33. The van der Waals surface area contributed by atoms with Crippen molar-refractivity contribution in [2.24, 2.45) is 5.10 Å². The number of likely N-dealkylation sites (N-methyl/N-ethyl adjacent to an activating group) is 1. The number of carbonyl (C=O) groups excluding carboxylic acids is 2. The monoisotopic (exact) mass is 376 g/mol. The zero-order valence-electron chi connectivity index (χ0n) is 16.2. The van der Waals surface area contributed by atoms with Gasteiger partial charge in [0.15, 0.2) is 5.78 Å². The number of para-hydroxylation sites is 1. The molecule has 0 aliphatic carbocycles. The van der Waals surface area contributed by atoms with E-state index in [0.29, 0.717) is 12.1 Å². The van der Waals surface area contributed by atoms with Gasteiger partial charge in [-0.15, -0.1) is 0 Å². The van der Waals surface area contributed by atoms with Gasteiger partial charge in [0, 0.05) is 30.9 Å². The molecule has 0 aromatic heterocycles. The highest BCUT2D eigenvalue weighted by Gasteiger charge is 2.34. The Balaban J connectivity index is 1.54. The molecule has 0 fully saturated rings. The van der Waals surface area contributed by atoms with Gasteiger partial charge in [-0.25, -0.2) is 0 Å². The van der Waals surface area contributed by atoms with E-state index in [4.69, 9.17) is 0 Å². The fraction of sp³-hybridized carbons (Fsp3) is 0.318. The zero-order valence-corrected chi connectivity index (χ0v) is 16.2. The number of hydrazone groups is 1. The Morgan fingerprint density at radius 2 is 1.96 bits per heavy atom. The maximum atomic E-state index is 12.8. The molecule has 2 aliphatic heterocycles. The van der Waals surface area contributed by atoms with Gasteiger partial charge in [0.1, 0.15) is 11.8 Å². The first kappa shape index (κ1) is 18.2. The number of ketones is 1. The Labute approximate surface area is 164 Å². The third-order valence-electron chi connectivity index (χ3n) is 5.38. The van der Waals surface area contributed by atoms with E-state index < -0.39 is 6.04 Å². The summed E-state index contributed by atoms with van der Waals surface area (Å²) in [6.07, 6.45) is 1.35. The van der Waals surface area contributed by atoms with E-state index in [1.807, 2.05) is 42.5 Å². The van der Waals surface area contributed by atoms with Crippen molar-refractivity contribution in [2.75, 3.05) is 28.3 Å². The van der Waals surface area contributed by atoms with Crippen LogP contribution in [0.1, 0.15) is 25.8 Å². The number of nitrogens with zero attached hydrogens (tertiary/aromatic N) is 3. The second-order valence-corrected chi connectivity index (χ2v) is 7.18. The maximum Gasteiger partial charge on any atom is 0.271 e. The standard InChI is InChI=1S/C22H24N4O2/c1-3-25-12-11-16-9-10-17(13-21(16)25)23-22(28)19-14-20(15(2)27)26(24-19)18-7-5-4-6-8-18/h4-10,13,20H,3,11-12,14H2,1-2H3,(H,23,28). The highest BCUT2D eigenvalue weighted by Crippen LogP contribution is 2.31. The molecule has 6 nitrogen and oxygen atoms in total. The minimum absolute atomic E-state index is 0.00785. The van der Waals surface area contributed by atoms with E-state index in [1.165, 1.54) is 18.2 Å². The third-order valence-corrected chi connectivity index (χ3v) is 5.38. The molecule has 0 saturated carbocycles. The summed E-state index contributed by atoms with van der Waals surface area (Å²) in [6, 6.07) is 15.1. The third kappa shape index (κ3) is 3.38. The average molecular weight is 376 g/mol. The summed E-state index contributed by atoms with van der Waals surface area (Å²) in [5.41, 5.74) is 4.42. The molecule has 1 amide bonds. The Kier molecular flexibility index (Phi) is 4.86. The molecule has 6 heteroatoms. The first-order chi connectivity index (χ1) is 13.6. The van der Waals surface area contributed by atoms with Crippen LogP contribution in [0.4, 0.5) is 17.1 Å². The molecule has 2 heterocycles. The van der Waals surface area contributed by atoms with Crippen molar-refractivity contribution in [3.63, 3.8) is 0 Å². The largest absolute Gasteiger partial charge is 0.371 e. The highest BCUT2D eigenvalue weighted by atomic mass is 16.2. The van der Waals surface area contributed by atoms with E-state index in [2.05, 4.69) is 28.3 Å². The number of rotatable bonds is 5. The van der Waals surface area contributed by atoms with Gasteiger partial charge in [-0.05, 0) is 50.1 Å². The molecule has 0 spiro atoms. The minimum Gasteiger partial charge on any atom is -0.371 e. The van der Waals surface area contributed by atoms with Gasteiger partial charge in [-0.1, -0.05) is 24.3 Å². The van der Waals surface area contributed by atoms with Crippen LogP contribution in [0.2, 0.25) is 0 Å². The summed E-state index contributed by atoms with van der Waals surface area (Å²) < 4.78 is 0. The molecular weight excluding hydrogens is 352 g/mol. The van der Waals surface area contributed by atoms with Crippen LogP contribution in [-0.4, -0.2) is 36.5 Å². The molecule has 0 radical (unpaired) electrons. The van der Waals surface area contributed by atoms with Crippen LogP contribution in [0, 0.1) is 0 Å². The SMILES string of the molecule is CCN1CCc2ccc(NC(=O)C3=NN(c4ccccc4)C(C(C)=O)C3)cc21. The fourth-order valence-electron chi connectivity index (χ4n) is 3.84. The lowest BCUT2D eigenvalue weighted by Gasteiger charge is -2.20. The van der Waals surface area contributed by atoms with Crippen molar-refractivity contribution in [1.82, 2.24) is 0 Å². The van der Waals surface area contributed by atoms with Crippen LogP contribution in [0.25, 0.3) is 0 Å². The molecule has 2 aromatic carbocycles. The molecule has 0 bridgehead atoms. The van der Waals surface area contributed by atoms with Gasteiger partial charge in [-0.3, -0.25) is 14.6 Å². The van der Waals surface area contributed by atoms with Crippen LogP contribution in [-0.2, 0) is 16.0 Å². The first-order valence-corrected chi connectivity index (χ1v) is 9.68. The van der Waals surface area contributed by atoms with Crippen LogP contribution < -0.4 is 15.2 Å². The molecule has 4 rings (SSSR count). The lowest BCUT2D eigenvalue weighted by atomic mass is 10.1. The molecule has 1 N–H and O–H groups in total. The van der Waals surface area contributed by atoms with E-state index in [-0.39, 0.29) is 11.7 Å². The lowest BCUT2D eigenvalue weighted by molar-refractivity contribution is -0.118. The van der Waals surface area contributed by atoms with Crippen molar-refractivity contribution in [3.8, 4) is 0 Å².